The minimum atomic E-state index is -0.388. The van der Waals surface area contributed by atoms with Gasteiger partial charge < -0.3 is 15.0 Å². The number of para-hydroxylation sites is 1. The van der Waals surface area contributed by atoms with Gasteiger partial charge in [0.1, 0.15) is 5.75 Å². The van der Waals surface area contributed by atoms with Crippen LogP contribution in [0, 0.1) is 5.92 Å². The molecule has 6 heteroatoms. The SMILES string of the molecule is COc1ccccc1C(NC(=O)C1CCN(C(C)=O)CC1)c1ccccn1. The van der Waals surface area contributed by atoms with Crippen LogP contribution < -0.4 is 10.1 Å². The zero-order valence-corrected chi connectivity index (χ0v) is 15.7. The molecular weight excluding hydrogens is 342 g/mol. The second-order valence-electron chi connectivity index (χ2n) is 6.72. The second-order valence-corrected chi connectivity index (χ2v) is 6.72. The van der Waals surface area contributed by atoms with Crippen LogP contribution in [0.4, 0.5) is 0 Å². The molecule has 3 rings (SSSR count). The lowest BCUT2D eigenvalue weighted by Gasteiger charge is -2.31. The first-order valence-electron chi connectivity index (χ1n) is 9.20. The van der Waals surface area contributed by atoms with Gasteiger partial charge in [0.2, 0.25) is 11.8 Å². The van der Waals surface area contributed by atoms with Crippen molar-refractivity contribution >= 4 is 11.8 Å². The van der Waals surface area contributed by atoms with Gasteiger partial charge in [0.25, 0.3) is 0 Å². The summed E-state index contributed by atoms with van der Waals surface area (Å²) in [5, 5.41) is 3.15. The number of hydrogen-bond donors (Lipinski definition) is 1. The fraction of sp³-hybridized carbons (Fsp3) is 0.381. The lowest BCUT2D eigenvalue weighted by atomic mass is 9.94. The molecule has 1 atom stereocenters. The first-order chi connectivity index (χ1) is 13.1. The molecule has 6 nitrogen and oxygen atoms in total. The van der Waals surface area contributed by atoms with Crippen molar-refractivity contribution in [3.05, 3.63) is 59.9 Å². The van der Waals surface area contributed by atoms with Crippen LogP contribution in [0.1, 0.15) is 37.1 Å². The Labute approximate surface area is 159 Å². The Morgan fingerprint density at radius 1 is 1.15 bits per heavy atom. The van der Waals surface area contributed by atoms with Crippen LogP contribution >= 0.6 is 0 Å². The fourth-order valence-corrected chi connectivity index (χ4v) is 3.48. The van der Waals surface area contributed by atoms with Gasteiger partial charge in [-0.05, 0) is 31.0 Å². The Balaban J connectivity index is 1.80. The molecule has 0 saturated carbocycles. The van der Waals surface area contributed by atoms with Crippen LogP contribution in [-0.2, 0) is 9.59 Å². The zero-order valence-electron chi connectivity index (χ0n) is 15.7. The van der Waals surface area contributed by atoms with E-state index in [1.807, 2.05) is 42.5 Å². The summed E-state index contributed by atoms with van der Waals surface area (Å²) in [6, 6.07) is 12.9. The molecule has 142 valence electrons. The van der Waals surface area contributed by atoms with Gasteiger partial charge in [-0.15, -0.1) is 0 Å². The van der Waals surface area contributed by atoms with Crippen LogP contribution in [0.25, 0.3) is 0 Å². The molecule has 0 radical (unpaired) electrons. The molecule has 1 aliphatic rings. The molecule has 27 heavy (non-hydrogen) atoms. The second kappa shape index (κ2) is 8.66. The summed E-state index contributed by atoms with van der Waals surface area (Å²) in [5.41, 5.74) is 1.63. The van der Waals surface area contributed by atoms with Crippen molar-refractivity contribution in [1.29, 1.82) is 0 Å². The third-order valence-corrected chi connectivity index (χ3v) is 5.03. The van der Waals surface area contributed by atoms with E-state index in [1.165, 1.54) is 0 Å². The minimum Gasteiger partial charge on any atom is -0.496 e. The van der Waals surface area contributed by atoms with E-state index in [4.69, 9.17) is 4.74 Å². The third kappa shape index (κ3) is 4.45. The number of pyridine rings is 1. The molecule has 1 N–H and O–H groups in total. The summed E-state index contributed by atoms with van der Waals surface area (Å²) in [5.74, 6) is 0.648. The molecule has 2 heterocycles. The summed E-state index contributed by atoms with van der Waals surface area (Å²) in [4.78, 5) is 30.7. The Bertz CT molecular complexity index is 786. The van der Waals surface area contributed by atoms with E-state index >= 15 is 0 Å². The molecule has 0 spiro atoms. The highest BCUT2D eigenvalue weighted by molar-refractivity contribution is 5.80. The highest BCUT2D eigenvalue weighted by atomic mass is 16.5. The van der Waals surface area contributed by atoms with Gasteiger partial charge in [-0.2, -0.15) is 0 Å². The number of benzene rings is 1. The van der Waals surface area contributed by atoms with Gasteiger partial charge in [0, 0.05) is 37.7 Å². The van der Waals surface area contributed by atoms with Gasteiger partial charge in [-0.1, -0.05) is 24.3 Å². The van der Waals surface area contributed by atoms with Crippen LogP contribution in [0.2, 0.25) is 0 Å². The average Bonchev–Trinajstić information content (AvgIpc) is 2.72. The van der Waals surface area contributed by atoms with Gasteiger partial charge in [-0.3, -0.25) is 14.6 Å². The van der Waals surface area contributed by atoms with Gasteiger partial charge in [0.05, 0.1) is 18.8 Å². The topological polar surface area (TPSA) is 71.5 Å². The van der Waals surface area contributed by atoms with E-state index in [2.05, 4.69) is 10.3 Å². The molecule has 1 aliphatic heterocycles. The maximum Gasteiger partial charge on any atom is 0.224 e. The van der Waals surface area contributed by atoms with E-state index in [0.717, 1.165) is 11.3 Å². The number of rotatable bonds is 5. The van der Waals surface area contributed by atoms with Crippen molar-refractivity contribution < 1.29 is 14.3 Å². The lowest BCUT2D eigenvalue weighted by molar-refractivity contribution is -0.134. The summed E-state index contributed by atoms with van der Waals surface area (Å²) >= 11 is 0. The number of methoxy groups -OCH3 is 1. The molecule has 1 saturated heterocycles. The van der Waals surface area contributed by atoms with Crippen LogP contribution in [-0.4, -0.2) is 41.9 Å². The van der Waals surface area contributed by atoms with Gasteiger partial charge in [-0.25, -0.2) is 0 Å². The van der Waals surface area contributed by atoms with Crippen molar-refractivity contribution in [2.45, 2.75) is 25.8 Å². The maximum absolute atomic E-state index is 12.9. The standard InChI is InChI=1S/C21H25N3O3/c1-15(25)24-13-10-16(11-14-24)21(26)23-20(18-8-5-6-12-22-18)17-7-3-4-9-19(17)27-2/h3-9,12,16,20H,10-11,13-14H2,1-2H3,(H,23,26). The summed E-state index contributed by atoms with van der Waals surface area (Å²) < 4.78 is 5.49. The number of likely N-dealkylation sites (tertiary alicyclic amines) is 1. The molecule has 1 unspecified atom stereocenters. The van der Waals surface area contributed by atoms with Crippen molar-refractivity contribution in [2.75, 3.05) is 20.2 Å². The van der Waals surface area contributed by atoms with Crippen LogP contribution in [0.3, 0.4) is 0 Å². The number of nitrogens with one attached hydrogen (secondary N) is 1. The van der Waals surface area contributed by atoms with Crippen LogP contribution in [0.15, 0.2) is 48.7 Å². The first-order valence-corrected chi connectivity index (χ1v) is 9.20. The monoisotopic (exact) mass is 367 g/mol. The highest BCUT2D eigenvalue weighted by Gasteiger charge is 2.29. The number of aromatic nitrogens is 1. The summed E-state index contributed by atoms with van der Waals surface area (Å²) in [6.45, 7) is 2.81. The molecule has 0 aliphatic carbocycles. The molecule has 1 aromatic carbocycles. The Kier molecular flexibility index (Phi) is 6.06. The summed E-state index contributed by atoms with van der Waals surface area (Å²) in [6.07, 6.45) is 3.06. The highest BCUT2D eigenvalue weighted by Crippen LogP contribution is 2.30. The average molecular weight is 367 g/mol. The molecule has 0 bridgehead atoms. The number of carbonyl (C=O) groups is 2. The smallest absolute Gasteiger partial charge is 0.224 e. The van der Waals surface area contributed by atoms with Crippen molar-refractivity contribution in [1.82, 2.24) is 15.2 Å². The van der Waals surface area contributed by atoms with E-state index < -0.39 is 0 Å². The van der Waals surface area contributed by atoms with Crippen LogP contribution in [0.5, 0.6) is 5.75 Å². The van der Waals surface area contributed by atoms with E-state index in [9.17, 15) is 9.59 Å². The number of nitrogens with zero attached hydrogens (tertiary/aromatic N) is 2. The normalized spacial score (nSPS) is 15.9. The third-order valence-electron chi connectivity index (χ3n) is 5.03. The number of ether oxygens (including phenoxy) is 1. The molecule has 2 aromatic rings. The van der Waals surface area contributed by atoms with E-state index in [1.54, 1.807) is 25.1 Å². The number of amides is 2. The molecule has 1 fully saturated rings. The predicted molar refractivity (Wildman–Crippen MR) is 102 cm³/mol. The largest absolute Gasteiger partial charge is 0.496 e. The first kappa shape index (κ1) is 18.9. The Morgan fingerprint density at radius 2 is 1.85 bits per heavy atom. The maximum atomic E-state index is 12.9. The van der Waals surface area contributed by atoms with E-state index in [0.29, 0.717) is 31.7 Å². The molecular formula is C21H25N3O3. The van der Waals surface area contributed by atoms with Crippen molar-refractivity contribution in [3.8, 4) is 5.75 Å². The Morgan fingerprint density at radius 3 is 2.48 bits per heavy atom. The van der Waals surface area contributed by atoms with E-state index in [-0.39, 0.29) is 23.8 Å². The summed E-state index contributed by atoms with van der Waals surface area (Å²) in [7, 11) is 1.62. The number of hydrogen-bond acceptors (Lipinski definition) is 4. The van der Waals surface area contributed by atoms with Crippen molar-refractivity contribution in [3.63, 3.8) is 0 Å². The van der Waals surface area contributed by atoms with Gasteiger partial charge in [0.15, 0.2) is 0 Å². The minimum absolute atomic E-state index is 0.0141. The number of carbonyl (C=O) groups excluding carboxylic acids is 2. The fourth-order valence-electron chi connectivity index (χ4n) is 3.48. The quantitative estimate of drug-likeness (QED) is 0.882. The zero-order chi connectivity index (χ0) is 19.2. The van der Waals surface area contributed by atoms with Crippen molar-refractivity contribution in [2.24, 2.45) is 5.92 Å². The predicted octanol–water partition coefficient (Wildman–Crippen LogP) is 2.55. The molecule has 2 amide bonds. The number of piperidine rings is 1. The lowest BCUT2D eigenvalue weighted by Crippen LogP contribution is -2.43. The molecule has 1 aromatic heterocycles. The Hall–Kier alpha value is -2.89. The van der Waals surface area contributed by atoms with Gasteiger partial charge >= 0.3 is 0 Å².